The number of nitrogens with one attached hydrogen (secondary N) is 1. The molecule has 0 bridgehead atoms. The maximum atomic E-state index is 12.6. The Balaban J connectivity index is 2.05. The summed E-state index contributed by atoms with van der Waals surface area (Å²) in [6.07, 6.45) is 3.48. The van der Waals surface area contributed by atoms with E-state index in [1.54, 1.807) is 0 Å². The Morgan fingerprint density at radius 2 is 1.86 bits per heavy atom. The molecule has 1 aromatic carbocycles. The van der Waals surface area contributed by atoms with Crippen LogP contribution in [0, 0.1) is 5.41 Å². The van der Waals surface area contributed by atoms with Crippen LogP contribution in [0.15, 0.2) is 24.3 Å². The molecule has 0 aromatic heterocycles. The zero-order valence-corrected chi connectivity index (χ0v) is 13.0. The van der Waals surface area contributed by atoms with Gasteiger partial charge in [-0.3, -0.25) is 4.79 Å². The Hall–Kier alpha value is -1.55. The van der Waals surface area contributed by atoms with Crippen molar-refractivity contribution in [3.63, 3.8) is 0 Å². The quantitative estimate of drug-likeness (QED) is 0.674. The maximum Gasteiger partial charge on any atom is 0.230 e. The van der Waals surface area contributed by atoms with Crippen LogP contribution in [0.5, 0.6) is 0 Å². The van der Waals surface area contributed by atoms with Gasteiger partial charge >= 0.3 is 0 Å². The minimum absolute atomic E-state index is 0.0759. The average molecular weight is 290 g/mol. The van der Waals surface area contributed by atoms with Gasteiger partial charge in [0.2, 0.25) is 5.91 Å². The van der Waals surface area contributed by atoms with Gasteiger partial charge in [-0.1, -0.05) is 26.0 Å². The number of aliphatic hydroxyl groups is 1. The van der Waals surface area contributed by atoms with E-state index in [1.165, 1.54) is 0 Å². The highest BCUT2D eigenvalue weighted by molar-refractivity contribution is 5.91. The van der Waals surface area contributed by atoms with Crippen molar-refractivity contribution in [3.8, 4) is 0 Å². The lowest BCUT2D eigenvalue weighted by Gasteiger charge is -2.30. The first-order chi connectivity index (χ1) is 10.0. The fraction of sp³-hybridized carbons (Fsp3) is 0.588. The van der Waals surface area contributed by atoms with Crippen molar-refractivity contribution in [2.75, 3.05) is 18.9 Å². The lowest BCUT2D eigenvalue weighted by atomic mass is 9.83. The molecule has 1 fully saturated rings. The number of amides is 1. The topological polar surface area (TPSA) is 75.3 Å². The van der Waals surface area contributed by atoms with Crippen LogP contribution in [0.4, 0.5) is 5.69 Å². The van der Waals surface area contributed by atoms with E-state index < -0.39 is 0 Å². The van der Waals surface area contributed by atoms with Gasteiger partial charge in [0.1, 0.15) is 0 Å². The molecular formula is C17H26N2O2. The summed E-state index contributed by atoms with van der Waals surface area (Å²) < 4.78 is 0. The van der Waals surface area contributed by atoms with Crippen LogP contribution in [-0.2, 0) is 10.2 Å². The van der Waals surface area contributed by atoms with Gasteiger partial charge < -0.3 is 16.2 Å². The second-order valence-corrected chi connectivity index (χ2v) is 6.25. The van der Waals surface area contributed by atoms with E-state index in [-0.39, 0.29) is 23.3 Å². The zero-order valence-electron chi connectivity index (χ0n) is 13.0. The Bertz CT molecular complexity index is 480. The van der Waals surface area contributed by atoms with Gasteiger partial charge in [0.15, 0.2) is 0 Å². The van der Waals surface area contributed by atoms with Crippen molar-refractivity contribution < 1.29 is 9.90 Å². The number of benzene rings is 1. The molecule has 1 aromatic rings. The van der Waals surface area contributed by atoms with Crippen molar-refractivity contribution >= 4 is 11.6 Å². The van der Waals surface area contributed by atoms with Gasteiger partial charge in [0.05, 0.1) is 12.0 Å². The summed E-state index contributed by atoms with van der Waals surface area (Å²) in [6, 6.07) is 7.58. The van der Waals surface area contributed by atoms with E-state index in [4.69, 9.17) is 5.73 Å². The summed E-state index contributed by atoms with van der Waals surface area (Å²) in [7, 11) is 0. The molecule has 116 valence electrons. The van der Waals surface area contributed by atoms with E-state index in [0.29, 0.717) is 12.2 Å². The predicted octanol–water partition coefficient (Wildman–Crippen LogP) is 2.22. The normalized spacial score (nSPS) is 16.5. The van der Waals surface area contributed by atoms with E-state index in [1.807, 2.05) is 24.3 Å². The Labute approximate surface area is 126 Å². The summed E-state index contributed by atoms with van der Waals surface area (Å²) in [5.74, 6) is 0.0759. The van der Waals surface area contributed by atoms with Gasteiger partial charge in [0, 0.05) is 17.6 Å². The molecule has 1 aliphatic carbocycles. The predicted molar refractivity (Wildman–Crippen MR) is 84.9 cm³/mol. The number of nitrogen functional groups attached to an aromatic ring is 1. The third-order valence-corrected chi connectivity index (χ3v) is 5.11. The van der Waals surface area contributed by atoms with E-state index in [0.717, 1.165) is 31.2 Å². The van der Waals surface area contributed by atoms with Gasteiger partial charge in [-0.25, -0.2) is 0 Å². The Kier molecular flexibility index (Phi) is 4.57. The maximum absolute atomic E-state index is 12.6. The van der Waals surface area contributed by atoms with Crippen LogP contribution in [-0.4, -0.2) is 24.2 Å². The summed E-state index contributed by atoms with van der Waals surface area (Å²) in [4.78, 5) is 12.6. The molecule has 0 radical (unpaired) electrons. The number of hydrogen-bond acceptors (Lipinski definition) is 3. The van der Waals surface area contributed by atoms with Crippen LogP contribution in [0.3, 0.4) is 0 Å². The van der Waals surface area contributed by atoms with Gasteiger partial charge in [-0.2, -0.15) is 0 Å². The molecule has 0 spiro atoms. The number of hydrogen-bond donors (Lipinski definition) is 3. The summed E-state index contributed by atoms with van der Waals surface area (Å²) in [5, 5.41) is 12.7. The summed E-state index contributed by atoms with van der Waals surface area (Å²) in [5.41, 5.74) is 6.88. The molecule has 0 heterocycles. The monoisotopic (exact) mass is 290 g/mol. The number of carbonyl (C=O) groups excluding carboxylic acids is 1. The molecule has 2 rings (SSSR count). The third-order valence-electron chi connectivity index (χ3n) is 5.11. The number of aliphatic hydroxyl groups excluding tert-OH is 1. The molecule has 1 aliphatic rings. The SMILES string of the molecule is CCC(CC)(CO)CNC(=O)C1(c2ccc(N)cc2)CC1. The molecule has 4 heteroatoms. The highest BCUT2D eigenvalue weighted by atomic mass is 16.3. The second kappa shape index (κ2) is 6.06. The number of rotatable bonds is 7. The third kappa shape index (κ3) is 3.05. The first kappa shape index (κ1) is 15.8. The van der Waals surface area contributed by atoms with E-state index in [9.17, 15) is 9.90 Å². The second-order valence-electron chi connectivity index (χ2n) is 6.25. The lowest BCUT2D eigenvalue weighted by Crippen LogP contribution is -2.43. The van der Waals surface area contributed by atoms with Crippen LogP contribution in [0.1, 0.15) is 45.1 Å². The number of anilines is 1. The fourth-order valence-electron chi connectivity index (χ4n) is 2.79. The highest BCUT2D eigenvalue weighted by Crippen LogP contribution is 2.48. The average Bonchev–Trinajstić information content (AvgIpc) is 3.31. The highest BCUT2D eigenvalue weighted by Gasteiger charge is 2.51. The van der Waals surface area contributed by atoms with Crippen LogP contribution >= 0.6 is 0 Å². The molecular weight excluding hydrogens is 264 g/mol. The van der Waals surface area contributed by atoms with Crippen molar-refractivity contribution in [1.29, 1.82) is 0 Å². The van der Waals surface area contributed by atoms with E-state index in [2.05, 4.69) is 19.2 Å². The molecule has 1 amide bonds. The summed E-state index contributed by atoms with van der Waals surface area (Å²) >= 11 is 0. The first-order valence-electron chi connectivity index (χ1n) is 7.77. The van der Waals surface area contributed by atoms with Gasteiger partial charge in [0.25, 0.3) is 0 Å². The molecule has 4 nitrogen and oxygen atoms in total. The minimum Gasteiger partial charge on any atom is -0.399 e. The minimum atomic E-state index is -0.379. The van der Waals surface area contributed by atoms with Gasteiger partial charge in [-0.15, -0.1) is 0 Å². The Morgan fingerprint density at radius 3 is 2.29 bits per heavy atom. The number of nitrogens with two attached hydrogens (primary N) is 1. The largest absolute Gasteiger partial charge is 0.399 e. The summed E-state index contributed by atoms with van der Waals surface area (Å²) in [6.45, 7) is 4.75. The molecule has 4 N–H and O–H groups in total. The van der Waals surface area contributed by atoms with Crippen molar-refractivity contribution in [3.05, 3.63) is 29.8 Å². The molecule has 0 saturated heterocycles. The molecule has 0 aliphatic heterocycles. The molecule has 0 unspecified atom stereocenters. The number of carbonyl (C=O) groups is 1. The van der Waals surface area contributed by atoms with Crippen LogP contribution in [0.25, 0.3) is 0 Å². The zero-order chi connectivity index (χ0) is 15.5. The van der Waals surface area contributed by atoms with E-state index >= 15 is 0 Å². The smallest absolute Gasteiger partial charge is 0.230 e. The Morgan fingerprint density at radius 1 is 1.29 bits per heavy atom. The molecule has 0 atom stereocenters. The standard InChI is InChI=1S/C17H26N2O2/c1-3-16(4-2,12-20)11-19-15(21)17(9-10-17)13-5-7-14(18)8-6-13/h5-8,20H,3-4,9-12,18H2,1-2H3,(H,19,21). The fourth-order valence-corrected chi connectivity index (χ4v) is 2.79. The van der Waals surface area contributed by atoms with Gasteiger partial charge in [-0.05, 0) is 43.4 Å². The van der Waals surface area contributed by atoms with Crippen LogP contribution < -0.4 is 11.1 Å². The lowest BCUT2D eigenvalue weighted by molar-refractivity contribution is -0.124. The van der Waals surface area contributed by atoms with Crippen molar-refractivity contribution in [2.45, 2.75) is 44.9 Å². The van der Waals surface area contributed by atoms with Crippen LogP contribution in [0.2, 0.25) is 0 Å². The molecule has 1 saturated carbocycles. The molecule has 21 heavy (non-hydrogen) atoms. The van der Waals surface area contributed by atoms with Crippen molar-refractivity contribution in [1.82, 2.24) is 5.32 Å². The first-order valence-corrected chi connectivity index (χ1v) is 7.77. The van der Waals surface area contributed by atoms with Crippen molar-refractivity contribution in [2.24, 2.45) is 5.41 Å².